The maximum Gasteiger partial charge on any atom is 0.253 e. The molecule has 0 fully saturated rings. The van der Waals surface area contributed by atoms with Gasteiger partial charge in [0.15, 0.2) is 5.82 Å². The molecule has 0 saturated carbocycles. The summed E-state index contributed by atoms with van der Waals surface area (Å²) < 4.78 is 1.73. The Kier molecular flexibility index (Phi) is 4.20. The second-order valence-electron chi connectivity index (χ2n) is 5.27. The zero-order valence-corrected chi connectivity index (χ0v) is 14.0. The number of rotatable bonds is 4. The Labute approximate surface area is 138 Å². The highest BCUT2D eigenvalue weighted by Crippen LogP contribution is 2.17. The average molecular weight is 327 g/mol. The third kappa shape index (κ3) is 3.29. The lowest BCUT2D eigenvalue weighted by atomic mass is 10.1. The molecule has 0 radical (unpaired) electrons. The second kappa shape index (κ2) is 6.29. The zero-order chi connectivity index (χ0) is 16.4. The van der Waals surface area contributed by atoms with Gasteiger partial charge in [-0.3, -0.25) is 9.48 Å². The van der Waals surface area contributed by atoms with Gasteiger partial charge in [0.25, 0.3) is 5.91 Å². The number of thiazole rings is 1. The number of carbonyl (C=O) groups is 1. The van der Waals surface area contributed by atoms with Crippen LogP contribution in [0.3, 0.4) is 0 Å². The summed E-state index contributed by atoms with van der Waals surface area (Å²) in [5.74, 6) is 1.49. The molecule has 6 nitrogen and oxygen atoms in total. The van der Waals surface area contributed by atoms with Crippen LogP contribution in [0.25, 0.3) is 11.4 Å². The largest absolute Gasteiger partial charge is 0.335 e. The number of hydrogen-bond donors (Lipinski definition) is 0. The van der Waals surface area contributed by atoms with Crippen molar-refractivity contribution < 1.29 is 4.79 Å². The topological polar surface area (TPSA) is 63.9 Å². The Bertz CT molecular complexity index is 788. The molecule has 1 aromatic carbocycles. The molecule has 0 spiro atoms. The highest BCUT2D eigenvalue weighted by atomic mass is 32.1. The van der Waals surface area contributed by atoms with Crippen LogP contribution in [-0.2, 0) is 13.6 Å². The number of nitrogens with zero attached hydrogens (tertiary/aromatic N) is 5. The van der Waals surface area contributed by atoms with Crippen LogP contribution >= 0.6 is 11.3 Å². The SMILES string of the molecule is Cc1nc(-c2ccc(C(=O)N(C)Cc3nccs3)cc2)nn1C. The lowest BCUT2D eigenvalue weighted by molar-refractivity contribution is 0.0785. The lowest BCUT2D eigenvalue weighted by Crippen LogP contribution is -2.26. The number of amides is 1. The molecule has 0 atom stereocenters. The van der Waals surface area contributed by atoms with Gasteiger partial charge in [-0.2, -0.15) is 5.10 Å². The molecule has 3 aromatic rings. The summed E-state index contributed by atoms with van der Waals surface area (Å²) in [4.78, 5) is 22.7. The molecule has 7 heteroatoms. The Balaban J connectivity index is 1.74. The Morgan fingerprint density at radius 1 is 1.30 bits per heavy atom. The first-order valence-corrected chi connectivity index (χ1v) is 8.04. The van der Waals surface area contributed by atoms with E-state index in [0.717, 1.165) is 16.4 Å². The molecule has 3 rings (SSSR count). The van der Waals surface area contributed by atoms with E-state index in [9.17, 15) is 4.79 Å². The van der Waals surface area contributed by atoms with E-state index in [1.165, 1.54) is 0 Å². The van der Waals surface area contributed by atoms with Crippen LogP contribution in [0.1, 0.15) is 21.2 Å². The smallest absolute Gasteiger partial charge is 0.253 e. The summed E-state index contributed by atoms with van der Waals surface area (Å²) in [5.41, 5.74) is 1.54. The van der Waals surface area contributed by atoms with Gasteiger partial charge < -0.3 is 4.90 Å². The molecular formula is C16H17N5OS. The highest BCUT2D eigenvalue weighted by Gasteiger charge is 2.14. The Morgan fingerprint density at radius 3 is 2.61 bits per heavy atom. The minimum Gasteiger partial charge on any atom is -0.335 e. The molecular weight excluding hydrogens is 310 g/mol. The number of carbonyl (C=O) groups excluding carboxylic acids is 1. The molecule has 0 saturated heterocycles. The number of hydrogen-bond acceptors (Lipinski definition) is 5. The van der Waals surface area contributed by atoms with E-state index in [-0.39, 0.29) is 5.91 Å². The van der Waals surface area contributed by atoms with Crippen molar-refractivity contribution in [3.8, 4) is 11.4 Å². The Morgan fingerprint density at radius 2 is 2.04 bits per heavy atom. The summed E-state index contributed by atoms with van der Waals surface area (Å²) in [5, 5.41) is 7.17. The van der Waals surface area contributed by atoms with Crippen LogP contribution in [0.15, 0.2) is 35.8 Å². The van der Waals surface area contributed by atoms with Crippen molar-refractivity contribution in [2.24, 2.45) is 7.05 Å². The van der Waals surface area contributed by atoms with Crippen LogP contribution < -0.4 is 0 Å². The number of benzene rings is 1. The third-order valence-electron chi connectivity index (χ3n) is 3.57. The van der Waals surface area contributed by atoms with E-state index in [1.807, 2.05) is 43.6 Å². The van der Waals surface area contributed by atoms with Crippen molar-refractivity contribution in [3.63, 3.8) is 0 Å². The zero-order valence-electron chi connectivity index (χ0n) is 13.2. The van der Waals surface area contributed by atoms with E-state index in [2.05, 4.69) is 15.1 Å². The van der Waals surface area contributed by atoms with Gasteiger partial charge in [0, 0.05) is 36.8 Å². The van der Waals surface area contributed by atoms with Gasteiger partial charge in [-0.15, -0.1) is 11.3 Å². The van der Waals surface area contributed by atoms with Crippen LogP contribution in [0.2, 0.25) is 0 Å². The molecule has 0 aliphatic carbocycles. The fourth-order valence-corrected chi connectivity index (χ4v) is 2.84. The van der Waals surface area contributed by atoms with Gasteiger partial charge in [-0.05, 0) is 19.1 Å². The van der Waals surface area contributed by atoms with Gasteiger partial charge in [-0.25, -0.2) is 9.97 Å². The van der Waals surface area contributed by atoms with Crippen molar-refractivity contribution in [3.05, 3.63) is 52.2 Å². The summed E-state index contributed by atoms with van der Waals surface area (Å²) in [6, 6.07) is 7.36. The first-order valence-electron chi connectivity index (χ1n) is 7.16. The Hall–Kier alpha value is -2.54. The van der Waals surface area contributed by atoms with Gasteiger partial charge in [0.1, 0.15) is 10.8 Å². The standard InChI is InChI=1S/C16H17N5OS/c1-11-18-15(19-21(11)3)12-4-6-13(7-5-12)16(22)20(2)10-14-17-8-9-23-14/h4-9H,10H2,1-3H3. The fourth-order valence-electron chi connectivity index (χ4n) is 2.17. The normalized spacial score (nSPS) is 10.7. The summed E-state index contributed by atoms with van der Waals surface area (Å²) in [6.45, 7) is 2.42. The number of aromatic nitrogens is 4. The monoisotopic (exact) mass is 327 g/mol. The van der Waals surface area contributed by atoms with Crippen molar-refractivity contribution in [2.75, 3.05) is 7.05 Å². The molecule has 1 amide bonds. The molecule has 0 aliphatic rings. The van der Waals surface area contributed by atoms with Crippen molar-refractivity contribution in [1.29, 1.82) is 0 Å². The van der Waals surface area contributed by atoms with Crippen LogP contribution in [-0.4, -0.2) is 37.6 Å². The summed E-state index contributed by atoms with van der Waals surface area (Å²) >= 11 is 1.54. The molecule has 2 heterocycles. The molecule has 118 valence electrons. The molecule has 0 aliphatic heterocycles. The quantitative estimate of drug-likeness (QED) is 0.738. The van der Waals surface area contributed by atoms with Gasteiger partial charge in [-0.1, -0.05) is 12.1 Å². The molecule has 23 heavy (non-hydrogen) atoms. The minimum absolute atomic E-state index is 0.0306. The predicted molar refractivity (Wildman–Crippen MR) is 89.1 cm³/mol. The molecule has 2 aromatic heterocycles. The van der Waals surface area contributed by atoms with Gasteiger partial charge in [0.05, 0.1) is 6.54 Å². The minimum atomic E-state index is -0.0306. The van der Waals surface area contributed by atoms with Gasteiger partial charge >= 0.3 is 0 Å². The van der Waals surface area contributed by atoms with E-state index in [0.29, 0.717) is 17.9 Å². The van der Waals surface area contributed by atoms with Gasteiger partial charge in [0.2, 0.25) is 0 Å². The molecule has 0 bridgehead atoms. The maximum atomic E-state index is 12.4. The van der Waals surface area contributed by atoms with Crippen LogP contribution in [0.4, 0.5) is 0 Å². The molecule has 0 N–H and O–H groups in total. The third-order valence-corrected chi connectivity index (χ3v) is 4.34. The first kappa shape index (κ1) is 15.4. The van der Waals surface area contributed by atoms with Crippen molar-refractivity contribution >= 4 is 17.2 Å². The van der Waals surface area contributed by atoms with Crippen LogP contribution in [0, 0.1) is 6.92 Å². The van der Waals surface area contributed by atoms with Crippen molar-refractivity contribution in [1.82, 2.24) is 24.6 Å². The first-order chi connectivity index (χ1) is 11.0. The van der Waals surface area contributed by atoms with E-state index in [4.69, 9.17) is 0 Å². The predicted octanol–water partition coefficient (Wildman–Crippen LogP) is 2.52. The number of aryl methyl sites for hydroxylation is 2. The van der Waals surface area contributed by atoms with Crippen LogP contribution in [0.5, 0.6) is 0 Å². The summed E-state index contributed by atoms with van der Waals surface area (Å²) in [7, 11) is 3.64. The van der Waals surface area contributed by atoms with E-state index < -0.39 is 0 Å². The molecule has 0 unspecified atom stereocenters. The summed E-state index contributed by atoms with van der Waals surface area (Å²) in [6.07, 6.45) is 1.74. The van der Waals surface area contributed by atoms with E-state index >= 15 is 0 Å². The second-order valence-corrected chi connectivity index (χ2v) is 6.25. The fraction of sp³-hybridized carbons (Fsp3) is 0.250. The highest BCUT2D eigenvalue weighted by molar-refractivity contribution is 7.09. The average Bonchev–Trinajstić information content (AvgIpc) is 3.17. The lowest BCUT2D eigenvalue weighted by Gasteiger charge is -2.15. The van der Waals surface area contributed by atoms with E-state index in [1.54, 1.807) is 34.2 Å². The van der Waals surface area contributed by atoms with Crippen molar-refractivity contribution in [2.45, 2.75) is 13.5 Å². The maximum absolute atomic E-state index is 12.4.